The summed E-state index contributed by atoms with van der Waals surface area (Å²) in [5, 5.41) is 12.7. The molecule has 33 heavy (non-hydrogen) atoms. The van der Waals surface area contributed by atoms with E-state index in [4.69, 9.17) is 4.74 Å². The van der Waals surface area contributed by atoms with Crippen molar-refractivity contribution in [2.24, 2.45) is 0 Å². The molecule has 0 unspecified atom stereocenters. The molecule has 0 aliphatic rings. The van der Waals surface area contributed by atoms with Crippen molar-refractivity contribution in [1.82, 2.24) is 4.98 Å². The Kier molecular flexibility index (Phi) is 7.26. The van der Waals surface area contributed by atoms with Crippen LogP contribution in [0, 0.1) is 11.3 Å². The molecular formula is C27H21N3O2S. The van der Waals surface area contributed by atoms with Gasteiger partial charge in [-0.2, -0.15) is 5.26 Å². The second-order valence-corrected chi connectivity index (χ2v) is 8.38. The average molecular weight is 452 g/mol. The third-order valence-corrected chi connectivity index (χ3v) is 5.71. The number of carbonyl (C=O) groups excluding carboxylic acids is 1. The van der Waals surface area contributed by atoms with Gasteiger partial charge in [-0.1, -0.05) is 72.8 Å². The summed E-state index contributed by atoms with van der Waals surface area (Å²) in [7, 11) is 0. The molecule has 0 atom stereocenters. The number of amides is 1. The van der Waals surface area contributed by atoms with E-state index in [-0.39, 0.29) is 5.57 Å². The fourth-order valence-corrected chi connectivity index (χ4v) is 3.97. The first kappa shape index (κ1) is 22.0. The second kappa shape index (κ2) is 10.9. The first-order valence-corrected chi connectivity index (χ1v) is 11.2. The Balaban J connectivity index is 1.36. The van der Waals surface area contributed by atoms with Crippen LogP contribution in [0.2, 0.25) is 0 Å². The van der Waals surface area contributed by atoms with Crippen molar-refractivity contribution in [3.63, 3.8) is 0 Å². The Morgan fingerprint density at radius 1 is 0.970 bits per heavy atom. The van der Waals surface area contributed by atoms with Gasteiger partial charge in [-0.15, -0.1) is 11.3 Å². The molecule has 4 aromatic rings. The minimum absolute atomic E-state index is 0.00719. The molecule has 0 spiro atoms. The number of hydrogen-bond acceptors (Lipinski definition) is 5. The molecule has 1 heterocycles. The fourth-order valence-electron chi connectivity index (χ4n) is 3.12. The zero-order valence-electron chi connectivity index (χ0n) is 17.8. The molecule has 0 fully saturated rings. The van der Waals surface area contributed by atoms with E-state index in [1.807, 2.05) is 91.0 Å². The Bertz CT molecular complexity index is 1270. The van der Waals surface area contributed by atoms with E-state index in [0.717, 1.165) is 22.4 Å². The summed E-state index contributed by atoms with van der Waals surface area (Å²) in [5.41, 5.74) is 3.00. The van der Waals surface area contributed by atoms with Crippen molar-refractivity contribution >= 4 is 28.5 Å². The SMILES string of the molecule is N#C/C(=C\c1ccc(OCc2ccccc2)cc1)C(=O)Nc1ncc(Cc2ccccc2)s1. The van der Waals surface area contributed by atoms with Gasteiger partial charge in [-0.05, 0) is 34.9 Å². The van der Waals surface area contributed by atoms with E-state index in [0.29, 0.717) is 17.5 Å². The van der Waals surface area contributed by atoms with Gasteiger partial charge in [0.1, 0.15) is 24.0 Å². The van der Waals surface area contributed by atoms with Crippen LogP contribution in [0.1, 0.15) is 21.6 Å². The molecule has 0 bridgehead atoms. The molecule has 0 saturated carbocycles. The van der Waals surface area contributed by atoms with E-state index in [1.165, 1.54) is 16.9 Å². The lowest BCUT2D eigenvalue weighted by atomic mass is 10.1. The van der Waals surface area contributed by atoms with Gasteiger partial charge < -0.3 is 4.74 Å². The zero-order chi connectivity index (χ0) is 22.9. The van der Waals surface area contributed by atoms with Crippen LogP contribution in [-0.4, -0.2) is 10.9 Å². The molecule has 0 saturated heterocycles. The van der Waals surface area contributed by atoms with E-state index >= 15 is 0 Å². The van der Waals surface area contributed by atoms with Gasteiger partial charge in [0.15, 0.2) is 5.13 Å². The third kappa shape index (κ3) is 6.39. The Hall–Kier alpha value is -4.21. The largest absolute Gasteiger partial charge is 0.489 e. The monoisotopic (exact) mass is 451 g/mol. The summed E-state index contributed by atoms with van der Waals surface area (Å²) in [6.45, 7) is 0.474. The minimum atomic E-state index is -0.484. The molecule has 1 aromatic heterocycles. The number of benzene rings is 3. The lowest BCUT2D eigenvalue weighted by Crippen LogP contribution is -2.13. The maximum Gasteiger partial charge on any atom is 0.268 e. The average Bonchev–Trinajstić information content (AvgIpc) is 3.29. The summed E-state index contributed by atoms with van der Waals surface area (Å²) in [6, 6.07) is 29.2. The van der Waals surface area contributed by atoms with E-state index in [9.17, 15) is 10.1 Å². The lowest BCUT2D eigenvalue weighted by molar-refractivity contribution is -0.112. The van der Waals surface area contributed by atoms with Crippen LogP contribution >= 0.6 is 11.3 Å². The van der Waals surface area contributed by atoms with Crippen LogP contribution < -0.4 is 10.1 Å². The van der Waals surface area contributed by atoms with Crippen LogP contribution in [0.4, 0.5) is 5.13 Å². The van der Waals surface area contributed by atoms with Crippen LogP contribution in [0.25, 0.3) is 6.08 Å². The van der Waals surface area contributed by atoms with Crippen molar-refractivity contribution in [3.8, 4) is 11.8 Å². The molecule has 3 aromatic carbocycles. The number of rotatable bonds is 8. The third-order valence-electron chi connectivity index (χ3n) is 4.80. The fraction of sp³-hybridized carbons (Fsp3) is 0.0741. The smallest absolute Gasteiger partial charge is 0.268 e. The van der Waals surface area contributed by atoms with Gasteiger partial charge in [-0.25, -0.2) is 4.98 Å². The standard InChI is InChI=1S/C27H21N3O2S/c28-17-23(15-21-11-13-24(14-12-21)32-19-22-9-5-2-6-10-22)26(31)30-27-29-18-25(33-27)16-20-7-3-1-4-8-20/h1-15,18H,16,19H2,(H,29,30,31)/b23-15+. The van der Waals surface area contributed by atoms with Crippen LogP contribution in [0.15, 0.2) is 96.7 Å². The van der Waals surface area contributed by atoms with Gasteiger partial charge in [0.25, 0.3) is 5.91 Å². The van der Waals surface area contributed by atoms with Gasteiger partial charge in [0.2, 0.25) is 0 Å². The van der Waals surface area contributed by atoms with Crippen molar-refractivity contribution in [1.29, 1.82) is 5.26 Å². The highest BCUT2D eigenvalue weighted by Crippen LogP contribution is 2.22. The topological polar surface area (TPSA) is 75.0 Å². The van der Waals surface area contributed by atoms with E-state index in [2.05, 4.69) is 10.3 Å². The highest BCUT2D eigenvalue weighted by molar-refractivity contribution is 7.15. The van der Waals surface area contributed by atoms with E-state index in [1.54, 1.807) is 12.3 Å². The van der Waals surface area contributed by atoms with Gasteiger partial charge in [0.05, 0.1) is 0 Å². The van der Waals surface area contributed by atoms with Crippen LogP contribution in [0.5, 0.6) is 5.75 Å². The summed E-state index contributed by atoms with van der Waals surface area (Å²) >= 11 is 1.40. The minimum Gasteiger partial charge on any atom is -0.489 e. The number of thiazole rings is 1. The predicted molar refractivity (Wildman–Crippen MR) is 131 cm³/mol. The summed E-state index contributed by atoms with van der Waals surface area (Å²) in [5.74, 6) is 0.232. The molecule has 5 nitrogen and oxygen atoms in total. The first-order chi connectivity index (χ1) is 16.2. The molecular weight excluding hydrogens is 430 g/mol. The molecule has 0 aliphatic heterocycles. The number of nitrogens with zero attached hydrogens (tertiary/aromatic N) is 2. The number of nitriles is 1. The summed E-state index contributed by atoms with van der Waals surface area (Å²) in [6.07, 6.45) is 4.04. The number of nitrogens with one attached hydrogen (secondary N) is 1. The predicted octanol–water partition coefficient (Wildman–Crippen LogP) is 5.86. The van der Waals surface area contributed by atoms with Crippen molar-refractivity contribution in [2.45, 2.75) is 13.0 Å². The highest BCUT2D eigenvalue weighted by atomic mass is 32.1. The second-order valence-electron chi connectivity index (χ2n) is 7.26. The summed E-state index contributed by atoms with van der Waals surface area (Å²) in [4.78, 5) is 17.9. The number of aromatic nitrogens is 1. The number of carbonyl (C=O) groups is 1. The number of ether oxygens (including phenoxy) is 1. The van der Waals surface area contributed by atoms with Gasteiger partial charge >= 0.3 is 0 Å². The summed E-state index contributed by atoms with van der Waals surface area (Å²) < 4.78 is 5.78. The van der Waals surface area contributed by atoms with Crippen LogP contribution in [-0.2, 0) is 17.8 Å². The molecule has 0 radical (unpaired) electrons. The maximum absolute atomic E-state index is 12.6. The first-order valence-electron chi connectivity index (χ1n) is 10.4. The van der Waals surface area contributed by atoms with Gasteiger partial charge in [-0.3, -0.25) is 10.1 Å². The Morgan fingerprint density at radius 3 is 2.30 bits per heavy atom. The molecule has 4 rings (SSSR count). The molecule has 162 valence electrons. The normalized spacial score (nSPS) is 10.9. The molecule has 6 heteroatoms. The molecule has 0 aliphatic carbocycles. The maximum atomic E-state index is 12.6. The highest BCUT2D eigenvalue weighted by Gasteiger charge is 2.12. The van der Waals surface area contributed by atoms with Gasteiger partial charge in [0, 0.05) is 17.5 Å². The van der Waals surface area contributed by atoms with Crippen LogP contribution in [0.3, 0.4) is 0 Å². The zero-order valence-corrected chi connectivity index (χ0v) is 18.6. The molecule has 1 N–H and O–H groups in total. The Labute approximate surface area is 196 Å². The number of hydrogen-bond donors (Lipinski definition) is 1. The molecule has 1 amide bonds. The lowest BCUT2D eigenvalue weighted by Gasteiger charge is -2.06. The van der Waals surface area contributed by atoms with Crippen molar-refractivity contribution in [2.75, 3.05) is 5.32 Å². The van der Waals surface area contributed by atoms with E-state index < -0.39 is 5.91 Å². The van der Waals surface area contributed by atoms with Crippen molar-refractivity contribution in [3.05, 3.63) is 118 Å². The Morgan fingerprint density at radius 2 is 1.64 bits per heavy atom. The van der Waals surface area contributed by atoms with Crippen molar-refractivity contribution < 1.29 is 9.53 Å². The quantitative estimate of drug-likeness (QED) is 0.269. The number of anilines is 1.